The second kappa shape index (κ2) is 6.70. The van der Waals surface area contributed by atoms with Gasteiger partial charge in [0.05, 0.1) is 0 Å². The van der Waals surface area contributed by atoms with Gasteiger partial charge in [0.1, 0.15) is 11.6 Å². The third-order valence-electron chi connectivity index (χ3n) is 2.77. The van der Waals surface area contributed by atoms with Crippen molar-refractivity contribution in [2.45, 2.75) is 53.2 Å². The zero-order valence-corrected chi connectivity index (χ0v) is 13.6. The van der Waals surface area contributed by atoms with E-state index >= 15 is 0 Å². The summed E-state index contributed by atoms with van der Waals surface area (Å²) in [6.45, 7) is 11.0. The maximum Gasteiger partial charge on any atom is 0.329 e. The largest absolute Gasteiger partial charge is 0.458 e. The van der Waals surface area contributed by atoms with Gasteiger partial charge in [0.2, 0.25) is 0 Å². The van der Waals surface area contributed by atoms with Crippen molar-refractivity contribution in [3.05, 3.63) is 29.6 Å². The summed E-state index contributed by atoms with van der Waals surface area (Å²) in [7, 11) is 0. The van der Waals surface area contributed by atoms with E-state index in [0.717, 1.165) is 5.69 Å². The lowest BCUT2D eigenvalue weighted by molar-refractivity contribution is -0.158. The van der Waals surface area contributed by atoms with Gasteiger partial charge >= 0.3 is 5.97 Å². The molecule has 0 aliphatic heterocycles. The van der Waals surface area contributed by atoms with Crippen LogP contribution in [-0.2, 0) is 9.53 Å². The van der Waals surface area contributed by atoms with E-state index in [4.69, 9.17) is 4.74 Å². The first-order chi connectivity index (χ1) is 9.60. The minimum absolute atomic E-state index is 0.0632. The third kappa shape index (κ3) is 5.53. The Hall–Kier alpha value is -1.91. The van der Waals surface area contributed by atoms with E-state index in [1.165, 1.54) is 0 Å². The highest BCUT2D eigenvalue weighted by Crippen LogP contribution is 2.13. The molecule has 0 aromatic carbocycles. The van der Waals surface area contributed by atoms with E-state index in [-0.39, 0.29) is 11.8 Å². The molecule has 0 saturated heterocycles. The van der Waals surface area contributed by atoms with Gasteiger partial charge < -0.3 is 10.1 Å². The van der Waals surface area contributed by atoms with Gasteiger partial charge in [-0.1, -0.05) is 13.8 Å². The minimum Gasteiger partial charge on any atom is -0.458 e. The number of aryl methyl sites for hydroxylation is 1. The van der Waals surface area contributed by atoms with E-state index in [1.54, 1.807) is 39.1 Å². The number of nitrogens with zero attached hydrogens (tertiary/aromatic N) is 1. The molecular formula is C16H24N2O3. The van der Waals surface area contributed by atoms with Crippen LogP contribution in [0.4, 0.5) is 0 Å². The summed E-state index contributed by atoms with van der Waals surface area (Å²) in [6, 6.07) is 2.63. The summed E-state index contributed by atoms with van der Waals surface area (Å²) in [5.41, 5.74) is 0.653. The first kappa shape index (κ1) is 17.1. The molecule has 0 unspecified atom stereocenters. The Balaban J connectivity index is 2.84. The predicted octanol–water partition coefficient (Wildman–Crippen LogP) is 2.49. The highest BCUT2D eigenvalue weighted by Gasteiger charge is 2.29. The van der Waals surface area contributed by atoms with Crippen LogP contribution >= 0.6 is 0 Å². The summed E-state index contributed by atoms with van der Waals surface area (Å²) in [5.74, 6) is -0.784. The molecular weight excluding hydrogens is 268 g/mol. The van der Waals surface area contributed by atoms with Gasteiger partial charge in [0.25, 0.3) is 5.91 Å². The summed E-state index contributed by atoms with van der Waals surface area (Å²) in [6.07, 6.45) is 1.57. The maximum absolute atomic E-state index is 12.2. The van der Waals surface area contributed by atoms with E-state index in [0.29, 0.717) is 5.56 Å². The Morgan fingerprint density at radius 3 is 2.38 bits per heavy atom. The SMILES string of the molecule is Cc1cc(C(=O)N[C@H](C(=O)OC(C)(C)C)C(C)C)ccn1. The summed E-state index contributed by atoms with van der Waals surface area (Å²) in [4.78, 5) is 28.5. The molecule has 0 bridgehead atoms. The van der Waals surface area contributed by atoms with Gasteiger partial charge in [0, 0.05) is 17.5 Å². The normalized spacial score (nSPS) is 12.9. The molecule has 21 heavy (non-hydrogen) atoms. The zero-order valence-electron chi connectivity index (χ0n) is 13.6. The van der Waals surface area contributed by atoms with Crippen molar-refractivity contribution in [1.29, 1.82) is 0 Å². The highest BCUT2D eigenvalue weighted by molar-refractivity contribution is 5.96. The number of hydrogen-bond acceptors (Lipinski definition) is 4. The molecule has 5 heteroatoms. The number of hydrogen-bond donors (Lipinski definition) is 1. The number of pyridine rings is 1. The molecule has 0 spiro atoms. The monoisotopic (exact) mass is 292 g/mol. The number of nitrogens with one attached hydrogen (secondary N) is 1. The summed E-state index contributed by atoms with van der Waals surface area (Å²) >= 11 is 0. The Morgan fingerprint density at radius 1 is 1.29 bits per heavy atom. The van der Waals surface area contributed by atoms with E-state index in [9.17, 15) is 9.59 Å². The quantitative estimate of drug-likeness (QED) is 0.866. The fourth-order valence-corrected chi connectivity index (χ4v) is 1.77. The van der Waals surface area contributed by atoms with Crippen LogP contribution in [0.3, 0.4) is 0 Å². The molecule has 5 nitrogen and oxygen atoms in total. The zero-order chi connectivity index (χ0) is 16.2. The smallest absolute Gasteiger partial charge is 0.329 e. The Kier molecular flexibility index (Phi) is 5.47. The van der Waals surface area contributed by atoms with Gasteiger partial charge in [-0.3, -0.25) is 9.78 Å². The van der Waals surface area contributed by atoms with Crippen LogP contribution in [0, 0.1) is 12.8 Å². The van der Waals surface area contributed by atoms with Gasteiger partial charge in [-0.05, 0) is 45.7 Å². The fourth-order valence-electron chi connectivity index (χ4n) is 1.77. The molecule has 1 atom stereocenters. The molecule has 0 saturated carbocycles. The molecule has 1 amide bonds. The van der Waals surface area contributed by atoms with E-state index < -0.39 is 17.6 Å². The lowest BCUT2D eigenvalue weighted by atomic mass is 10.0. The molecule has 1 aromatic heterocycles. The van der Waals surface area contributed by atoms with Crippen molar-refractivity contribution in [3.63, 3.8) is 0 Å². The van der Waals surface area contributed by atoms with E-state index in [1.807, 2.05) is 20.8 Å². The van der Waals surface area contributed by atoms with Crippen molar-refractivity contribution in [3.8, 4) is 0 Å². The minimum atomic E-state index is -0.676. The summed E-state index contributed by atoms with van der Waals surface area (Å²) < 4.78 is 5.36. The lowest BCUT2D eigenvalue weighted by Gasteiger charge is -2.26. The van der Waals surface area contributed by atoms with Crippen LogP contribution in [0.1, 0.15) is 50.7 Å². The van der Waals surface area contributed by atoms with Crippen molar-refractivity contribution in [2.75, 3.05) is 0 Å². The molecule has 1 heterocycles. The highest BCUT2D eigenvalue weighted by atomic mass is 16.6. The average Bonchev–Trinajstić information content (AvgIpc) is 2.32. The Morgan fingerprint density at radius 2 is 1.90 bits per heavy atom. The van der Waals surface area contributed by atoms with Gasteiger partial charge in [-0.15, -0.1) is 0 Å². The Labute approximate surface area is 126 Å². The maximum atomic E-state index is 12.2. The van der Waals surface area contributed by atoms with Crippen LogP contribution in [0.2, 0.25) is 0 Å². The first-order valence-electron chi connectivity index (χ1n) is 7.06. The second-order valence-corrected chi connectivity index (χ2v) is 6.41. The van der Waals surface area contributed by atoms with Gasteiger partial charge in [-0.25, -0.2) is 4.79 Å². The number of esters is 1. The molecule has 0 aliphatic carbocycles. The second-order valence-electron chi connectivity index (χ2n) is 6.41. The van der Waals surface area contributed by atoms with Crippen LogP contribution in [0.15, 0.2) is 18.3 Å². The molecule has 1 aromatic rings. The van der Waals surface area contributed by atoms with Crippen LogP contribution < -0.4 is 5.32 Å². The molecule has 0 radical (unpaired) electrons. The standard InChI is InChI=1S/C16H24N2O3/c1-10(2)13(15(20)21-16(4,5)6)18-14(19)12-7-8-17-11(3)9-12/h7-10,13H,1-6H3,(H,18,19)/t13-/m0/s1. The van der Waals surface area contributed by atoms with Gasteiger partial charge in [0.15, 0.2) is 0 Å². The van der Waals surface area contributed by atoms with Crippen LogP contribution in [0.25, 0.3) is 0 Å². The molecule has 1 rings (SSSR count). The Bertz CT molecular complexity index is 518. The number of carbonyl (C=O) groups is 2. The van der Waals surface area contributed by atoms with Crippen molar-refractivity contribution in [1.82, 2.24) is 10.3 Å². The van der Waals surface area contributed by atoms with Crippen molar-refractivity contribution >= 4 is 11.9 Å². The van der Waals surface area contributed by atoms with E-state index in [2.05, 4.69) is 10.3 Å². The first-order valence-corrected chi connectivity index (χ1v) is 7.06. The predicted molar refractivity (Wildman–Crippen MR) is 80.9 cm³/mol. The molecule has 0 aliphatic rings. The summed E-state index contributed by atoms with van der Waals surface area (Å²) in [5, 5.41) is 2.74. The lowest BCUT2D eigenvalue weighted by Crippen LogP contribution is -2.47. The number of ether oxygens (including phenoxy) is 1. The molecule has 0 fully saturated rings. The molecule has 116 valence electrons. The number of carbonyl (C=O) groups excluding carboxylic acids is 2. The van der Waals surface area contributed by atoms with Crippen LogP contribution in [-0.4, -0.2) is 28.5 Å². The fraction of sp³-hybridized carbons (Fsp3) is 0.562. The van der Waals surface area contributed by atoms with Crippen molar-refractivity contribution in [2.24, 2.45) is 5.92 Å². The topological polar surface area (TPSA) is 68.3 Å². The molecule has 1 N–H and O–H groups in total. The average molecular weight is 292 g/mol. The number of amides is 1. The number of rotatable bonds is 4. The van der Waals surface area contributed by atoms with Crippen molar-refractivity contribution < 1.29 is 14.3 Å². The van der Waals surface area contributed by atoms with Crippen LogP contribution in [0.5, 0.6) is 0 Å². The number of aromatic nitrogens is 1. The van der Waals surface area contributed by atoms with Gasteiger partial charge in [-0.2, -0.15) is 0 Å². The third-order valence-corrected chi connectivity index (χ3v) is 2.77.